The van der Waals surface area contributed by atoms with Crippen LogP contribution in [-0.4, -0.2) is 33.3 Å². The van der Waals surface area contributed by atoms with Crippen molar-refractivity contribution in [2.75, 3.05) is 18.8 Å². The van der Waals surface area contributed by atoms with E-state index in [4.69, 9.17) is 5.73 Å². The van der Waals surface area contributed by atoms with E-state index in [0.29, 0.717) is 13.1 Å². The van der Waals surface area contributed by atoms with Gasteiger partial charge in [-0.25, -0.2) is 8.42 Å². The van der Waals surface area contributed by atoms with Gasteiger partial charge in [0, 0.05) is 24.5 Å². The fourth-order valence-electron chi connectivity index (χ4n) is 0.972. The predicted octanol–water partition coefficient (Wildman–Crippen LogP) is -1.15. The van der Waals surface area contributed by atoms with Gasteiger partial charge in [-0.3, -0.25) is 0 Å². The lowest BCUT2D eigenvalue weighted by atomic mass is 10.3. The number of sulfone groups is 1. The average Bonchev–Trinajstić information content (AvgIpc) is 2.26. The number of hydrogen-bond donors (Lipinski definition) is 2. The van der Waals surface area contributed by atoms with Gasteiger partial charge in [-0.05, 0) is 0 Å². The SMILES string of the molecule is NCCNC1C=CS(=O)(=O)C1. The van der Waals surface area contributed by atoms with E-state index >= 15 is 0 Å². The first kappa shape index (κ1) is 8.70. The molecule has 3 N–H and O–H groups in total. The van der Waals surface area contributed by atoms with Gasteiger partial charge < -0.3 is 11.1 Å². The molecule has 1 heterocycles. The van der Waals surface area contributed by atoms with Crippen LogP contribution in [0.1, 0.15) is 0 Å². The van der Waals surface area contributed by atoms with Crippen LogP contribution < -0.4 is 11.1 Å². The van der Waals surface area contributed by atoms with Crippen LogP contribution >= 0.6 is 0 Å². The minimum atomic E-state index is -2.91. The quantitative estimate of drug-likeness (QED) is 0.569. The lowest BCUT2D eigenvalue weighted by Crippen LogP contribution is -2.33. The topological polar surface area (TPSA) is 72.2 Å². The zero-order valence-corrected chi connectivity index (χ0v) is 6.97. The molecule has 11 heavy (non-hydrogen) atoms. The monoisotopic (exact) mass is 176 g/mol. The summed E-state index contributed by atoms with van der Waals surface area (Å²) in [5, 5.41) is 4.25. The Morgan fingerprint density at radius 1 is 1.64 bits per heavy atom. The number of nitrogens with two attached hydrogens (primary N) is 1. The second-order valence-electron chi connectivity index (χ2n) is 2.51. The lowest BCUT2D eigenvalue weighted by molar-refractivity contribution is 0.592. The molecule has 1 atom stereocenters. The third-order valence-electron chi connectivity index (χ3n) is 1.48. The molecule has 1 aliphatic rings. The summed E-state index contributed by atoms with van der Waals surface area (Å²) in [6.45, 7) is 1.19. The average molecular weight is 176 g/mol. The first-order chi connectivity index (χ1) is 5.14. The largest absolute Gasteiger partial charge is 0.329 e. The molecule has 0 amide bonds. The standard InChI is InChI=1S/C6H12N2O2S/c7-2-3-8-6-1-4-11(9,10)5-6/h1,4,6,8H,2-3,5,7H2. The Morgan fingerprint density at radius 2 is 2.36 bits per heavy atom. The highest BCUT2D eigenvalue weighted by Crippen LogP contribution is 2.06. The van der Waals surface area contributed by atoms with Gasteiger partial charge in [0.15, 0.2) is 9.84 Å². The molecule has 4 nitrogen and oxygen atoms in total. The molecule has 0 saturated heterocycles. The van der Waals surface area contributed by atoms with Crippen LogP contribution in [0.4, 0.5) is 0 Å². The van der Waals surface area contributed by atoms with E-state index in [0.717, 1.165) is 0 Å². The second-order valence-corrected chi connectivity index (χ2v) is 4.44. The maximum absolute atomic E-state index is 10.8. The molecule has 5 heteroatoms. The highest BCUT2D eigenvalue weighted by molar-refractivity contribution is 7.94. The Bertz CT molecular complexity index is 245. The normalized spacial score (nSPS) is 27.5. The van der Waals surface area contributed by atoms with Crippen LogP contribution in [0, 0.1) is 0 Å². The Balaban J connectivity index is 2.39. The third kappa shape index (κ3) is 2.61. The molecule has 1 rings (SSSR count). The van der Waals surface area contributed by atoms with E-state index in [1.54, 1.807) is 6.08 Å². The molecule has 0 aliphatic carbocycles. The third-order valence-corrected chi connectivity index (χ3v) is 2.88. The minimum absolute atomic E-state index is 0.0384. The van der Waals surface area contributed by atoms with E-state index in [-0.39, 0.29) is 11.8 Å². The van der Waals surface area contributed by atoms with Gasteiger partial charge in [-0.1, -0.05) is 6.08 Å². The summed E-state index contributed by atoms with van der Waals surface area (Å²) in [6, 6.07) is -0.0384. The van der Waals surface area contributed by atoms with Crippen molar-refractivity contribution >= 4 is 9.84 Å². The van der Waals surface area contributed by atoms with Crippen molar-refractivity contribution in [3.63, 3.8) is 0 Å². The van der Waals surface area contributed by atoms with Crippen LogP contribution in [-0.2, 0) is 9.84 Å². The first-order valence-electron chi connectivity index (χ1n) is 3.48. The maximum atomic E-state index is 10.8. The van der Waals surface area contributed by atoms with Crippen molar-refractivity contribution in [1.82, 2.24) is 5.32 Å². The van der Waals surface area contributed by atoms with E-state index in [9.17, 15) is 8.42 Å². The smallest absolute Gasteiger partial charge is 0.173 e. The van der Waals surface area contributed by atoms with Crippen molar-refractivity contribution in [2.45, 2.75) is 6.04 Å². The van der Waals surface area contributed by atoms with Crippen molar-refractivity contribution < 1.29 is 8.42 Å². The van der Waals surface area contributed by atoms with Crippen LogP contribution in [0.5, 0.6) is 0 Å². The van der Waals surface area contributed by atoms with Gasteiger partial charge >= 0.3 is 0 Å². The summed E-state index contributed by atoms with van der Waals surface area (Å²) in [5.74, 6) is 0.174. The predicted molar refractivity (Wildman–Crippen MR) is 43.8 cm³/mol. The summed E-state index contributed by atoms with van der Waals surface area (Å²) in [4.78, 5) is 0. The van der Waals surface area contributed by atoms with Gasteiger partial charge in [0.05, 0.1) is 5.75 Å². The molecule has 0 aromatic carbocycles. The molecule has 0 fully saturated rings. The maximum Gasteiger partial charge on any atom is 0.173 e. The summed E-state index contributed by atoms with van der Waals surface area (Å²) in [5.41, 5.74) is 5.24. The molecule has 0 bridgehead atoms. The molecule has 0 spiro atoms. The fraction of sp³-hybridized carbons (Fsp3) is 0.667. The molecule has 64 valence electrons. The van der Waals surface area contributed by atoms with Crippen molar-refractivity contribution in [2.24, 2.45) is 5.73 Å². The van der Waals surface area contributed by atoms with Crippen molar-refractivity contribution in [3.8, 4) is 0 Å². The molecule has 0 saturated carbocycles. The molecular weight excluding hydrogens is 164 g/mol. The highest BCUT2D eigenvalue weighted by atomic mass is 32.2. The molecule has 1 unspecified atom stereocenters. The number of hydrogen-bond acceptors (Lipinski definition) is 4. The van der Waals surface area contributed by atoms with E-state index in [1.165, 1.54) is 5.41 Å². The van der Waals surface area contributed by atoms with E-state index in [2.05, 4.69) is 5.32 Å². The number of rotatable bonds is 3. The van der Waals surface area contributed by atoms with Gasteiger partial charge in [0.2, 0.25) is 0 Å². The second kappa shape index (κ2) is 3.34. The van der Waals surface area contributed by atoms with E-state index in [1.807, 2.05) is 0 Å². The van der Waals surface area contributed by atoms with Gasteiger partial charge in [-0.15, -0.1) is 0 Å². The minimum Gasteiger partial charge on any atom is -0.329 e. The van der Waals surface area contributed by atoms with Crippen molar-refractivity contribution in [1.29, 1.82) is 0 Å². The van der Waals surface area contributed by atoms with Gasteiger partial charge in [-0.2, -0.15) is 0 Å². The highest BCUT2D eigenvalue weighted by Gasteiger charge is 2.20. The van der Waals surface area contributed by atoms with Crippen LogP contribution in [0.3, 0.4) is 0 Å². The first-order valence-corrected chi connectivity index (χ1v) is 5.20. The molecule has 0 aromatic rings. The van der Waals surface area contributed by atoms with Crippen molar-refractivity contribution in [3.05, 3.63) is 11.5 Å². The van der Waals surface area contributed by atoms with Crippen LogP contribution in [0.25, 0.3) is 0 Å². The van der Waals surface area contributed by atoms with Gasteiger partial charge in [0.1, 0.15) is 0 Å². The summed E-state index contributed by atoms with van der Waals surface area (Å²) in [7, 11) is -2.91. The molecule has 0 aromatic heterocycles. The Kier molecular flexibility index (Phi) is 2.64. The van der Waals surface area contributed by atoms with Crippen LogP contribution in [0.15, 0.2) is 11.5 Å². The zero-order chi connectivity index (χ0) is 8.32. The summed E-state index contributed by atoms with van der Waals surface area (Å²) < 4.78 is 21.7. The Hall–Kier alpha value is -0.390. The van der Waals surface area contributed by atoms with E-state index < -0.39 is 9.84 Å². The van der Waals surface area contributed by atoms with Gasteiger partial charge in [0.25, 0.3) is 0 Å². The fourth-order valence-corrected chi connectivity index (χ4v) is 2.24. The molecule has 1 aliphatic heterocycles. The summed E-state index contributed by atoms with van der Waals surface area (Å²) in [6.07, 6.45) is 1.66. The Morgan fingerprint density at radius 3 is 2.82 bits per heavy atom. The molecular formula is C6H12N2O2S. The summed E-state index contributed by atoms with van der Waals surface area (Å²) >= 11 is 0. The lowest BCUT2D eigenvalue weighted by Gasteiger charge is -2.06. The zero-order valence-electron chi connectivity index (χ0n) is 6.16. The Labute approximate surface area is 66.4 Å². The number of nitrogens with one attached hydrogen (secondary N) is 1. The van der Waals surface area contributed by atoms with Crippen LogP contribution in [0.2, 0.25) is 0 Å². The molecule has 0 radical (unpaired) electrons.